The van der Waals surface area contributed by atoms with E-state index in [4.69, 9.17) is 9.96 Å². The fourth-order valence-electron chi connectivity index (χ4n) is 0.513. The van der Waals surface area contributed by atoms with Crippen LogP contribution in [-0.2, 0) is 24.4 Å². The van der Waals surface area contributed by atoms with Crippen molar-refractivity contribution in [3.63, 3.8) is 0 Å². The minimum absolute atomic E-state index is 0.0436. The van der Waals surface area contributed by atoms with Gasteiger partial charge in [-0.2, -0.15) is 8.42 Å². The topological polar surface area (TPSA) is 122 Å². The molecule has 1 unspecified atom stereocenters. The Morgan fingerprint density at radius 1 is 1.54 bits per heavy atom. The van der Waals surface area contributed by atoms with Gasteiger partial charge in [0.2, 0.25) is 0 Å². The number of nitrogens with one attached hydrogen (secondary N) is 1. The lowest BCUT2D eigenvalue weighted by atomic mass is 10.3. The van der Waals surface area contributed by atoms with Gasteiger partial charge < -0.3 is 9.53 Å². The summed E-state index contributed by atoms with van der Waals surface area (Å²) in [6.45, 7) is -0.0752. The van der Waals surface area contributed by atoms with E-state index in [0.717, 1.165) is 0 Å². The minimum atomic E-state index is -4.53. The van der Waals surface area contributed by atoms with Gasteiger partial charge in [-0.15, -0.1) is 0 Å². The molecular weight excluding hydrogens is 202 g/mol. The first-order valence-electron chi connectivity index (χ1n) is 3.01. The van der Waals surface area contributed by atoms with Crippen molar-refractivity contribution >= 4 is 28.8 Å². The van der Waals surface area contributed by atoms with Crippen LogP contribution in [0.15, 0.2) is 0 Å². The van der Waals surface area contributed by atoms with E-state index in [1.807, 2.05) is 0 Å². The lowest BCUT2D eigenvalue weighted by Crippen LogP contribution is -2.25. The molecule has 0 amide bonds. The number of carbonyl (C=O) groups is 2. The van der Waals surface area contributed by atoms with E-state index in [-0.39, 0.29) is 12.8 Å². The van der Waals surface area contributed by atoms with Crippen LogP contribution in [0.3, 0.4) is 0 Å². The van der Waals surface area contributed by atoms with Gasteiger partial charge in [-0.05, 0) is 0 Å². The van der Waals surface area contributed by atoms with Crippen LogP contribution in [0.2, 0.25) is 0 Å². The molecule has 13 heavy (non-hydrogen) atoms. The van der Waals surface area contributed by atoms with E-state index in [1.165, 1.54) is 0 Å². The largest absolute Gasteiger partial charge is 0.414 e. The summed E-state index contributed by atoms with van der Waals surface area (Å²) in [4.78, 5) is 19.8. The van der Waals surface area contributed by atoms with E-state index in [1.54, 1.807) is 0 Å². The molecule has 1 atom stereocenters. The Kier molecular flexibility index (Phi) is 4.21. The summed E-state index contributed by atoms with van der Waals surface area (Å²) in [5, 5.41) is 5.05. The average Bonchev–Trinajstić information content (AvgIpc) is 1.98. The lowest BCUT2D eigenvalue weighted by molar-refractivity contribution is -0.122. The number of hydrogen-bond donors (Lipinski definition) is 2. The third-order valence-corrected chi connectivity index (χ3v) is 2.15. The predicted octanol–water partition coefficient (Wildman–Crippen LogP) is -1.02. The molecule has 2 N–H and O–H groups in total. The van der Waals surface area contributed by atoms with Gasteiger partial charge in [0.25, 0.3) is 16.6 Å². The summed E-state index contributed by atoms with van der Waals surface area (Å²) in [5.74, 6) is -0.704. The highest BCUT2D eigenvalue weighted by Crippen LogP contribution is 2.02. The second-order valence-corrected chi connectivity index (χ2v) is 3.67. The van der Waals surface area contributed by atoms with Crippen LogP contribution in [-0.4, -0.2) is 36.9 Å². The van der Waals surface area contributed by atoms with E-state index < -0.39 is 27.7 Å². The second kappa shape index (κ2) is 4.67. The highest BCUT2D eigenvalue weighted by atomic mass is 32.2. The maximum absolute atomic E-state index is 10.4. The van der Waals surface area contributed by atoms with Gasteiger partial charge in [0.05, 0.1) is 0 Å². The van der Waals surface area contributed by atoms with Gasteiger partial charge >= 0.3 is 0 Å². The molecule has 0 rings (SSSR count). The van der Waals surface area contributed by atoms with Gasteiger partial charge in [0, 0.05) is 6.42 Å². The maximum atomic E-state index is 10.4. The van der Waals surface area contributed by atoms with Crippen LogP contribution in [0.1, 0.15) is 6.42 Å². The molecular formula is C5H7NO6S. The Balaban J connectivity index is 4.39. The number of rotatable bonds is 5. The Morgan fingerprint density at radius 3 is 2.38 bits per heavy atom. The maximum Gasteiger partial charge on any atom is 0.299 e. The average molecular weight is 209 g/mol. The highest BCUT2D eigenvalue weighted by Gasteiger charge is 2.24. The van der Waals surface area contributed by atoms with Gasteiger partial charge in [-0.25, -0.2) is 0 Å². The standard InChI is InChI=1S/C5H7NO6S/c6-5(12-3-8)1-4(2-7)13(9,10)11/h2-4,6H,1H2,(H,9,10,11). The monoisotopic (exact) mass is 209 g/mol. The second-order valence-electron chi connectivity index (χ2n) is 2.03. The Bertz CT molecular complexity index is 307. The number of ether oxygens (including phenoxy) is 1. The fourth-order valence-corrected chi connectivity index (χ4v) is 1.01. The molecule has 0 saturated carbocycles. The molecule has 0 aliphatic heterocycles. The molecule has 8 heteroatoms. The first kappa shape index (κ1) is 11.7. The van der Waals surface area contributed by atoms with Crippen molar-refractivity contribution in [1.29, 1.82) is 5.41 Å². The Hall–Kier alpha value is -1.28. The molecule has 0 aromatic rings. The van der Waals surface area contributed by atoms with Crippen LogP contribution in [0.25, 0.3) is 0 Å². The Labute approximate surface area is 73.9 Å². The highest BCUT2D eigenvalue weighted by molar-refractivity contribution is 7.87. The van der Waals surface area contributed by atoms with Crippen LogP contribution >= 0.6 is 0 Å². The van der Waals surface area contributed by atoms with Crippen LogP contribution < -0.4 is 0 Å². The lowest BCUT2D eigenvalue weighted by Gasteiger charge is -2.05. The zero-order chi connectivity index (χ0) is 10.5. The van der Waals surface area contributed by atoms with Gasteiger partial charge in [0.1, 0.15) is 6.29 Å². The molecule has 0 radical (unpaired) electrons. The predicted molar refractivity (Wildman–Crippen MR) is 40.9 cm³/mol. The molecule has 0 aromatic heterocycles. The summed E-state index contributed by atoms with van der Waals surface area (Å²) in [7, 11) is -4.53. The third-order valence-electron chi connectivity index (χ3n) is 1.11. The summed E-state index contributed by atoms with van der Waals surface area (Å²) < 4.78 is 33.1. The SMILES string of the molecule is N=C(CC(C=O)S(=O)(=O)O)OC=O. The summed E-state index contributed by atoms with van der Waals surface area (Å²) in [5.41, 5.74) is 0. The van der Waals surface area contributed by atoms with Crippen molar-refractivity contribution in [3.8, 4) is 0 Å². The quantitative estimate of drug-likeness (QED) is 0.259. The number of hydrogen-bond acceptors (Lipinski definition) is 6. The van der Waals surface area contributed by atoms with Gasteiger partial charge in [-0.3, -0.25) is 14.8 Å². The van der Waals surface area contributed by atoms with Crippen molar-refractivity contribution in [2.24, 2.45) is 0 Å². The van der Waals surface area contributed by atoms with Crippen molar-refractivity contribution < 1.29 is 27.3 Å². The molecule has 74 valence electrons. The summed E-state index contributed by atoms with van der Waals surface area (Å²) in [6, 6.07) is 0. The molecule has 0 aliphatic rings. The smallest absolute Gasteiger partial charge is 0.299 e. The molecule has 0 spiro atoms. The molecule has 0 heterocycles. The summed E-state index contributed by atoms with van der Waals surface area (Å²) >= 11 is 0. The Morgan fingerprint density at radius 2 is 2.08 bits per heavy atom. The molecule has 0 bridgehead atoms. The van der Waals surface area contributed by atoms with E-state index in [2.05, 4.69) is 4.74 Å². The van der Waals surface area contributed by atoms with Crippen molar-refractivity contribution in [2.45, 2.75) is 11.7 Å². The van der Waals surface area contributed by atoms with Crippen molar-refractivity contribution in [3.05, 3.63) is 0 Å². The molecule has 0 aliphatic carbocycles. The van der Waals surface area contributed by atoms with Crippen molar-refractivity contribution in [1.82, 2.24) is 0 Å². The zero-order valence-electron chi connectivity index (χ0n) is 6.34. The van der Waals surface area contributed by atoms with Gasteiger partial charge in [-0.1, -0.05) is 0 Å². The first-order chi connectivity index (χ1) is 5.91. The van der Waals surface area contributed by atoms with E-state index >= 15 is 0 Å². The zero-order valence-corrected chi connectivity index (χ0v) is 7.15. The molecule has 0 aromatic carbocycles. The molecule has 0 fully saturated rings. The van der Waals surface area contributed by atoms with Crippen molar-refractivity contribution in [2.75, 3.05) is 0 Å². The molecule has 7 nitrogen and oxygen atoms in total. The summed E-state index contributed by atoms with van der Waals surface area (Å²) in [6.07, 6.45) is -0.709. The van der Waals surface area contributed by atoms with E-state index in [0.29, 0.717) is 0 Å². The van der Waals surface area contributed by atoms with Crippen LogP contribution in [0.5, 0.6) is 0 Å². The number of aldehydes is 1. The van der Waals surface area contributed by atoms with Gasteiger partial charge in [0.15, 0.2) is 11.1 Å². The van der Waals surface area contributed by atoms with Crippen LogP contribution in [0.4, 0.5) is 0 Å². The van der Waals surface area contributed by atoms with Crippen LogP contribution in [0, 0.1) is 5.41 Å². The normalized spacial score (nSPS) is 13.0. The number of carbonyl (C=O) groups excluding carboxylic acids is 2. The minimum Gasteiger partial charge on any atom is -0.414 e. The molecule has 0 saturated heterocycles. The third kappa shape index (κ3) is 4.33. The fraction of sp³-hybridized carbons (Fsp3) is 0.400. The first-order valence-corrected chi connectivity index (χ1v) is 4.51. The van der Waals surface area contributed by atoms with E-state index in [9.17, 15) is 18.0 Å².